The van der Waals surface area contributed by atoms with Crippen molar-refractivity contribution in [3.05, 3.63) is 52.4 Å². The number of sulfonamides is 1. The maximum Gasteiger partial charge on any atom is 0.271 e. The second-order valence-corrected chi connectivity index (χ2v) is 10.1. The van der Waals surface area contributed by atoms with Crippen molar-refractivity contribution >= 4 is 15.7 Å². The Kier molecular flexibility index (Phi) is 6.67. The molecule has 1 saturated carbocycles. The van der Waals surface area contributed by atoms with Gasteiger partial charge in [-0.1, -0.05) is 19.3 Å². The zero-order valence-corrected chi connectivity index (χ0v) is 18.8. The van der Waals surface area contributed by atoms with Gasteiger partial charge in [0.2, 0.25) is 10.0 Å². The van der Waals surface area contributed by atoms with Gasteiger partial charge in [0.25, 0.3) is 5.56 Å². The first-order chi connectivity index (χ1) is 15.0. The van der Waals surface area contributed by atoms with E-state index in [1.807, 2.05) is 24.0 Å². The summed E-state index contributed by atoms with van der Waals surface area (Å²) in [5, 5.41) is 0. The molecule has 1 atom stereocenters. The maximum absolute atomic E-state index is 12.8. The van der Waals surface area contributed by atoms with Gasteiger partial charge in [-0.25, -0.2) is 13.1 Å². The van der Waals surface area contributed by atoms with Gasteiger partial charge in [0, 0.05) is 18.8 Å². The molecule has 2 aliphatic rings. The number of likely N-dealkylation sites (N-methyl/N-ethyl adjacent to an activating group) is 1. The Labute approximate surface area is 183 Å². The van der Waals surface area contributed by atoms with Crippen molar-refractivity contribution in [1.29, 1.82) is 0 Å². The van der Waals surface area contributed by atoms with Crippen LogP contribution in [0.25, 0.3) is 0 Å². The number of ether oxygens (including phenoxy) is 1. The number of aromatic nitrogens is 1. The molecule has 2 N–H and O–H groups in total. The van der Waals surface area contributed by atoms with Crippen LogP contribution in [0.5, 0.6) is 5.75 Å². The van der Waals surface area contributed by atoms with E-state index in [2.05, 4.69) is 9.71 Å². The lowest BCUT2D eigenvalue weighted by Crippen LogP contribution is -2.40. The second kappa shape index (κ2) is 9.44. The number of nitrogens with zero attached hydrogens (tertiary/aromatic N) is 1. The molecule has 0 bridgehead atoms. The van der Waals surface area contributed by atoms with Crippen molar-refractivity contribution in [3.63, 3.8) is 0 Å². The van der Waals surface area contributed by atoms with Gasteiger partial charge in [-0.3, -0.25) is 4.79 Å². The molecule has 168 valence electrons. The number of aromatic amines is 1. The normalized spacial score (nSPS) is 19.5. The molecule has 0 spiro atoms. The van der Waals surface area contributed by atoms with Crippen molar-refractivity contribution in [2.24, 2.45) is 0 Å². The molecule has 1 aromatic carbocycles. The van der Waals surface area contributed by atoms with Crippen LogP contribution in [-0.4, -0.2) is 38.6 Å². The Morgan fingerprint density at radius 1 is 1.16 bits per heavy atom. The zero-order chi connectivity index (χ0) is 21.8. The summed E-state index contributed by atoms with van der Waals surface area (Å²) in [6, 6.07) is 8.82. The number of anilines is 1. The molecule has 0 saturated heterocycles. The highest BCUT2D eigenvalue weighted by atomic mass is 32.2. The van der Waals surface area contributed by atoms with Crippen LogP contribution in [0.4, 0.5) is 5.69 Å². The molecule has 2 aromatic rings. The summed E-state index contributed by atoms with van der Waals surface area (Å²) in [7, 11) is -3.52. The summed E-state index contributed by atoms with van der Waals surface area (Å²) in [6.45, 7) is 3.32. The topological polar surface area (TPSA) is 91.5 Å². The van der Waals surface area contributed by atoms with E-state index in [1.165, 1.54) is 6.42 Å². The van der Waals surface area contributed by atoms with Crippen molar-refractivity contribution in [2.75, 3.05) is 18.0 Å². The largest absolute Gasteiger partial charge is 0.488 e. The first kappa shape index (κ1) is 21.9. The minimum absolute atomic E-state index is 0.0385. The van der Waals surface area contributed by atoms with E-state index in [0.717, 1.165) is 49.8 Å². The summed E-state index contributed by atoms with van der Waals surface area (Å²) in [5.74, 6) is 0.728. The minimum atomic E-state index is -3.52. The molecule has 7 nitrogen and oxygen atoms in total. The molecule has 1 fully saturated rings. The van der Waals surface area contributed by atoms with Crippen molar-refractivity contribution < 1.29 is 13.2 Å². The summed E-state index contributed by atoms with van der Waals surface area (Å²) >= 11 is 0. The Balaban J connectivity index is 1.44. The van der Waals surface area contributed by atoms with Crippen molar-refractivity contribution in [1.82, 2.24) is 9.71 Å². The molecule has 31 heavy (non-hydrogen) atoms. The number of hydrogen-bond acceptors (Lipinski definition) is 5. The number of hydrogen-bond donors (Lipinski definition) is 2. The third-order valence-corrected chi connectivity index (χ3v) is 7.76. The lowest BCUT2D eigenvalue weighted by molar-refractivity contribution is 0.178. The van der Waals surface area contributed by atoms with Gasteiger partial charge >= 0.3 is 0 Å². The monoisotopic (exact) mass is 445 g/mol. The lowest BCUT2D eigenvalue weighted by Gasteiger charge is -2.32. The van der Waals surface area contributed by atoms with Gasteiger partial charge in [-0.2, -0.15) is 0 Å². The SMILES string of the molecule is CCN(C[C@H]1CCc2cc(S(=O)(=O)NC3CCCCC3)ccc2O1)c1ccc[nH]c1=O. The predicted molar refractivity (Wildman–Crippen MR) is 121 cm³/mol. The number of pyridine rings is 1. The average molecular weight is 446 g/mol. The quantitative estimate of drug-likeness (QED) is 0.683. The van der Waals surface area contributed by atoms with E-state index in [1.54, 1.807) is 24.4 Å². The third-order valence-electron chi connectivity index (χ3n) is 6.24. The van der Waals surface area contributed by atoms with Gasteiger partial charge in [0.15, 0.2) is 0 Å². The molecule has 8 heteroatoms. The number of fused-ring (bicyclic) bond motifs is 1. The van der Waals surface area contributed by atoms with E-state index in [9.17, 15) is 13.2 Å². The Morgan fingerprint density at radius 2 is 1.97 bits per heavy atom. The summed E-state index contributed by atoms with van der Waals surface area (Å²) in [4.78, 5) is 17.2. The average Bonchev–Trinajstić information content (AvgIpc) is 2.78. The smallest absolute Gasteiger partial charge is 0.271 e. The Morgan fingerprint density at radius 3 is 2.71 bits per heavy atom. The standard InChI is InChI=1S/C23H31N3O4S/c1-2-26(21-9-6-14-24-23(21)27)16-19-11-10-17-15-20(12-13-22(17)30-19)31(28,29)25-18-7-4-3-5-8-18/h6,9,12-15,18-19,25H,2-5,7-8,10-11,16H2,1H3,(H,24,27)/t19-/m1/s1. The molecule has 4 rings (SSSR count). The van der Waals surface area contributed by atoms with E-state index in [0.29, 0.717) is 23.7 Å². The van der Waals surface area contributed by atoms with Gasteiger partial charge < -0.3 is 14.6 Å². The van der Waals surface area contributed by atoms with Gasteiger partial charge in [-0.15, -0.1) is 0 Å². The zero-order valence-electron chi connectivity index (χ0n) is 18.0. The number of H-pyrrole nitrogens is 1. The lowest BCUT2D eigenvalue weighted by atomic mass is 9.96. The van der Waals surface area contributed by atoms with Crippen molar-refractivity contribution in [2.45, 2.75) is 68.9 Å². The maximum atomic E-state index is 12.8. The second-order valence-electron chi connectivity index (χ2n) is 8.43. The van der Waals surface area contributed by atoms with Crippen LogP contribution >= 0.6 is 0 Å². The van der Waals surface area contributed by atoms with Crippen LogP contribution in [0, 0.1) is 0 Å². The minimum Gasteiger partial charge on any atom is -0.488 e. The van der Waals surface area contributed by atoms with Gasteiger partial charge in [-0.05, 0) is 68.5 Å². The van der Waals surface area contributed by atoms with Gasteiger partial charge in [0.1, 0.15) is 17.5 Å². The number of benzene rings is 1. The number of aryl methyl sites for hydroxylation is 1. The molecule has 1 aliphatic carbocycles. The molecule has 2 heterocycles. The molecule has 0 radical (unpaired) electrons. The van der Waals surface area contributed by atoms with Crippen LogP contribution < -0.4 is 19.9 Å². The fraction of sp³-hybridized carbons (Fsp3) is 0.522. The molecule has 1 aliphatic heterocycles. The Hall–Kier alpha value is -2.32. The van der Waals surface area contributed by atoms with E-state index in [4.69, 9.17) is 4.74 Å². The fourth-order valence-electron chi connectivity index (χ4n) is 4.53. The van der Waals surface area contributed by atoms with Crippen molar-refractivity contribution in [3.8, 4) is 5.75 Å². The molecule has 0 amide bonds. The highest BCUT2D eigenvalue weighted by Crippen LogP contribution is 2.31. The number of rotatable bonds is 7. The molecular formula is C23H31N3O4S. The predicted octanol–water partition coefficient (Wildman–Crippen LogP) is 3.21. The van der Waals surface area contributed by atoms with Crippen LogP contribution in [0.15, 0.2) is 46.2 Å². The van der Waals surface area contributed by atoms with Crippen LogP contribution in [0.2, 0.25) is 0 Å². The fourth-order valence-corrected chi connectivity index (χ4v) is 5.89. The summed E-state index contributed by atoms with van der Waals surface area (Å²) in [5.41, 5.74) is 1.44. The van der Waals surface area contributed by atoms with Gasteiger partial charge in [0.05, 0.1) is 11.4 Å². The highest BCUT2D eigenvalue weighted by Gasteiger charge is 2.26. The first-order valence-electron chi connectivity index (χ1n) is 11.2. The van der Waals surface area contributed by atoms with E-state index < -0.39 is 10.0 Å². The summed E-state index contributed by atoms with van der Waals surface area (Å²) < 4.78 is 34.7. The van der Waals surface area contributed by atoms with Crippen LogP contribution in [0.1, 0.15) is 51.0 Å². The van der Waals surface area contributed by atoms with E-state index >= 15 is 0 Å². The molecule has 0 unspecified atom stereocenters. The first-order valence-corrected chi connectivity index (χ1v) is 12.7. The highest BCUT2D eigenvalue weighted by molar-refractivity contribution is 7.89. The Bertz CT molecular complexity index is 1060. The third kappa shape index (κ3) is 5.13. The molecule has 1 aromatic heterocycles. The summed E-state index contributed by atoms with van der Waals surface area (Å²) in [6.07, 6.45) is 8.25. The van der Waals surface area contributed by atoms with E-state index in [-0.39, 0.29) is 17.7 Å². The van der Waals surface area contributed by atoms with Crippen LogP contribution in [0.3, 0.4) is 0 Å². The van der Waals surface area contributed by atoms with Crippen LogP contribution in [-0.2, 0) is 16.4 Å². The number of nitrogens with one attached hydrogen (secondary N) is 2. The molecular weight excluding hydrogens is 414 g/mol.